The molecule has 0 atom stereocenters. The van der Waals surface area contributed by atoms with Crippen molar-refractivity contribution in [2.45, 2.75) is 11.4 Å². The Kier molecular flexibility index (Phi) is 6.56. The number of rotatable bonds is 8. The van der Waals surface area contributed by atoms with E-state index in [0.717, 1.165) is 17.7 Å². The molecule has 11 nitrogen and oxygen atoms in total. The molecular weight excluding hydrogens is 440 g/mol. The Bertz CT molecular complexity index is 1280. The molecule has 0 fully saturated rings. The summed E-state index contributed by atoms with van der Waals surface area (Å²) in [5, 5.41) is 24.4. The van der Waals surface area contributed by atoms with Crippen LogP contribution in [0.1, 0.15) is 15.9 Å². The highest BCUT2D eigenvalue weighted by Gasteiger charge is 2.24. The molecule has 12 heteroatoms. The van der Waals surface area contributed by atoms with Crippen LogP contribution in [0.2, 0.25) is 0 Å². The number of nitro benzene ring substituents is 2. The number of non-ortho nitro benzene ring substituents is 1. The van der Waals surface area contributed by atoms with Gasteiger partial charge in [0, 0.05) is 18.3 Å². The highest BCUT2D eigenvalue weighted by atomic mass is 32.2. The summed E-state index contributed by atoms with van der Waals surface area (Å²) in [7, 11) is -3.80. The van der Waals surface area contributed by atoms with E-state index in [2.05, 4.69) is 10.0 Å². The molecule has 3 aromatic carbocycles. The van der Waals surface area contributed by atoms with Crippen LogP contribution in [0.15, 0.2) is 77.7 Å². The number of amides is 1. The van der Waals surface area contributed by atoms with Crippen molar-refractivity contribution in [1.82, 2.24) is 4.72 Å². The smallest absolute Gasteiger partial charge is 0.289 e. The van der Waals surface area contributed by atoms with Gasteiger partial charge < -0.3 is 5.32 Å². The molecule has 0 unspecified atom stereocenters. The Morgan fingerprint density at radius 2 is 1.53 bits per heavy atom. The number of nitro groups is 2. The van der Waals surface area contributed by atoms with Gasteiger partial charge in [0.1, 0.15) is 5.56 Å². The monoisotopic (exact) mass is 456 g/mol. The third kappa shape index (κ3) is 5.30. The number of carbonyl (C=O) groups is 1. The van der Waals surface area contributed by atoms with Gasteiger partial charge in [0.2, 0.25) is 10.0 Å². The highest BCUT2D eigenvalue weighted by molar-refractivity contribution is 7.89. The maximum Gasteiger partial charge on any atom is 0.289 e. The van der Waals surface area contributed by atoms with Crippen LogP contribution in [-0.2, 0) is 16.6 Å². The van der Waals surface area contributed by atoms with Gasteiger partial charge >= 0.3 is 0 Å². The molecule has 0 spiro atoms. The summed E-state index contributed by atoms with van der Waals surface area (Å²) in [4.78, 5) is 32.7. The van der Waals surface area contributed by atoms with E-state index in [0.29, 0.717) is 6.07 Å². The van der Waals surface area contributed by atoms with Crippen molar-refractivity contribution in [2.24, 2.45) is 0 Å². The third-order valence-corrected chi connectivity index (χ3v) is 5.78. The van der Waals surface area contributed by atoms with E-state index >= 15 is 0 Å². The Morgan fingerprint density at radius 1 is 0.875 bits per heavy atom. The fourth-order valence-electron chi connectivity index (χ4n) is 2.75. The van der Waals surface area contributed by atoms with Crippen LogP contribution < -0.4 is 10.0 Å². The largest absolute Gasteiger partial charge is 0.322 e. The summed E-state index contributed by atoms with van der Waals surface area (Å²) >= 11 is 0. The van der Waals surface area contributed by atoms with E-state index in [9.17, 15) is 33.4 Å². The van der Waals surface area contributed by atoms with Gasteiger partial charge in [-0.15, -0.1) is 0 Å². The summed E-state index contributed by atoms with van der Waals surface area (Å²) in [5.41, 5.74) is -0.650. The molecule has 3 aromatic rings. The molecule has 164 valence electrons. The summed E-state index contributed by atoms with van der Waals surface area (Å²) < 4.78 is 27.3. The van der Waals surface area contributed by atoms with E-state index in [-0.39, 0.29) is 22.7 Å². The number of sulfonamides is 1. The molecule has 0 heterocycles. The van der Waals surface area contributed by atoms with Crippen LogP contribution in [-0.4, -0.2) is 24.2 Å². The van der Waals surface area contributed by atoms with Gasteiger partial charge in [0.15, 0.2) is 0 Å². The second-order valence-electron chi connectivity index (χ2n) is 6.50. The first-order valence-corrected chi connectivity index (χ1v) is 10.5. The Labute approximate surface area is 182 Å². The molecule has 0 saturated carbocycles. The van der Waals surface area contributed by atoms with Crippen LogP contribution in [0.3, 0.4) is 0 Å². The van der Waals surface area contributed by atoms with Gasteiger partial charge in [0.05, 0.1) is 20.8 Å². The summed E-state index contributed by atoms with van der Waals surface area (Å²) in [6.45, 7) is 0.103. The zero-order valence-corrected chi connectivity index (χ0v) is 17.1. The second-order valence-corrected chi connectivity index (χ2v) is 8.27. The summed E-state index contributed by atoms with van der Waals surface area (Å²) in [5.74, 6) is -0.871. The molecule has 0 radical (unpaired) electrons. The number of hydrogen-bond donors (Lipinski definition) is 2. The average molecular weight is 456 g/mol. The number of nitrogens with one attached hydrogen (secondary N) is 2. The molecular formula is C20H16N4O7S. The highest BCUT2D eigenvalue weighted by Crippen LogP contribution is 2.25. The lowest BCUT2D eigenvalue weighted by molar-refractivity contribution is -0.394. The van der Waals surface area contributed by atoms with Gasteiger partial charge in [-0.05, 0) is 35.9 Å². The van der Waals surface area contributed by atoms with Gasteiger partial charge in [-0.3, -0.25) is 25.0 Å². The van der Waals surface area contributed by atoms with E-state index in [1.54, 1.807) is 24.3 Å². The number of nitrogens with zero attached hydrogens (tertiary/aromatic N) is 2. The lowest BCUT2D eigenvalue weighted by atomic mass is 10.1. The first-order valence-electron chi connectivity index (χ1n) is 9.05. The SMILES string of the molecule is O=C(Nc1ccc(S(=O)(=O)NCc2ccccc2)cc1)c1ccc([N+](=O)[O-])cc1[N+](=O)[O-]. The Balaban J connectivity index is 1.73. The zero-order chi connectivity index (χ0) is 23.3. The Hall–Kier alpha value is -4.16. The fourth-order valence-corrected chi connectivity index (χ4v) is 3.77. The fraction of sp³-hybridized carbons (Fsp3) is 0.0500. The van der Waals surface area contributed by atoms with E-state index in [1.807, 2.05) is 6.07 Å². The number of anilines is 1. The lowest BCUT2D eigenvalue weighted by Gasteiger charge is -2.09. The second kappa shape index (κ2) is 9.32. The van der Waals surface area contributed by atoms with Crippen molar-refractivity contribution >= 4 is 33.0 Å². The Morgan fingerprint density at radius 3 is 2.12 bits per heavy atom. The number of carbonyl (C=O) groups excluding carboxylic acids is 1. The quantitative estimate of drug-likeness (QED) is 0.388. The first-order chi connectivity index (χ1) is 15.2. The minimum Gasteiger partial charge on any atom is -0.322 e. The first kappa shape index (κ1) is 22.5. The molecule has 32 heavy (non-hydrogen) atoms. The number of benzene rings is 3. The molecule has 0 aliphatic rings. The van der Waals surface area contributed by atoms with Crippen molar-refractivity contribution in [3.8, 4) is 0 Å². The van der Waals surface area contributed by atoms with Crippen molar-refractivity contribution < 1.29 is 23.1 Å². The zero-order valence-electron chi connectivity index (χ0n) is 16.3. The minimum atomic E-state index is -3.80. The normalized spacial score (nSPS) is 11.0. The maximum absolute atomic E-state index is 12.4. The van der Waals surface area contributed by atoms with Crippen molar-refractivity contribution in [1.29, 1.82) is 0 Å². The van der Waals surface area contributed by atoms with E-state index < -0.39 is 37.2 Å². The summed E-state index contributed by atoms with van der Waals surface area (Å²) in [6, 6.07) is 16.8. The molecule has 3 rings (SSSR count). The van der Waals surface area contributed by atoms with E-state index in [4.69, 9.17) is 0 Å². The van der Waals surface area contributed by atoms with Crippen LogP contribution >= 0.6 is 0 Å². The predicted molar refractivity (Wildman–Crippen MR) is 115 cm³/mol. The van der Waals surface area contributed by atoms with Gasteiger partial charge in [-0.1, -0.05) is 30.3 Å². The molecule has 0 bridgehead atoms. The lowest BCUT2D eigenvalue weighted by Crippen LogP contribution is -2.23. The molecule has 0 aliphatic carbocycles. The van der Waals surface area contributed by atoms with Crippen LogP contribution in [0, 0.1) is 20.2 Å². The third-order valence-electron chi connectivity index (χ3n) is 4.37. The molecule has 2 N–H and O–H groups in total. The van der Waals surface area contributed by atoms with Gasteiger partial charge in [-0.25, -0.2) is 13.1 Å². The minimum absolute atomic E-state index is 0.0345. The van der Waals surface area contributed by atoms with Crippen molar-refractivity contribution in [3.05, 3.63) is 104 Å². The predicted octanol–water partition coefficient (Wildman–Crippen LogP) is 3.23. The topological polar surface area (TPSA) is 162 Å². The van der Waals surface area contributed by atoms with Gasteiger partial charge in [-0.2, -0.15) is 0 Å². The van der Waals surface area contributed by atoms with Gasteiger partial charge in [0.25, 0.3) is 17.3 Å². The van der Waals surface area contributed by atoms with Crippen molar-refractivity contribution in [2.75, 3.05) is 5.32 Å². The van der Waals surface area contributed by atoms with Crippen LogP contribution in [0.4, 0.5) is 17.1 Å². The average Bonchev–Trinajstić information content (AvgIpc) is 2.78. The molecule has 0 aromatic heterocycles. The van der Waals surface area contributed by atoms with Crippen molar-refractivity contribution in [3.63, 3.8) is 0 Å². The maximum atomic E-state index is 12.4. The van der Waals surface area contributed by atoms with Crippen LogP contribution in [0.5, 0.6) is 0 Å². The molecule has 1 amide bonds. The number of hydrogen-bond acceptors (Lipinski definition) is 7. The molecule has 0 aliphatic heterocycles. The standard InChI is InChI=1S/C20H16N4O7S/c25-20(18-11-8-16(23(26)27)12-19(18)24(28)29)22-15-6-9-17(10-7-15)32(30,31)21-13-14-4-2-1-3-5-14/h1-12,21H,13H2,(H,22,25). The van der Waals surface area contributed by atoms with E-state index in [1.165, 1.54) is 24.3 Å². The molecule has 0 saturated heterocycles. The van der Waals surface area contributed by atoms with Crippen LogP contribution in [0.25, 0.3) is 0 Å². The summed E-state index contributed by atoms with van der Waals surface area (Å²) in [6.07, 6.45) is 0.